The molecule has 0 saturated carbocycles. The Labute approximate surface area is 138 Å². The quantitative estimate of drug-likeness (QED) is 0.819. The van der Waals surface area contributed by atoms with Gasteiger partial charge in [0.2, 0.25) is 5.91 Å². The summed E-state index contributed by atoms with van der Waals surface area (Å²) in [7, 11) is 0. The number of aryl methyl sites for hydroxylation is 1. The molecule has 0 aliphatic carbocycles. The van der Waals surface area contributed by atoms with Gasteiger partial charge in [-0.3, -0.25) is 9.59 Å². The lowest BCUT2D eigenvalue weighted by molar-refractivity contribution is -0.147. The third kappa shape index (κ3) is 5.77. The van der Waals surface area contributed by atoms with Gasteiger partial charge in [0, 0.05) is 19.5 Å². The monoisotopic (exact) mass is 343 g/mol. The summed E-state index contributed by atoms with van der Waals surface area (Å²) in [6.45, 7) is -1.83. The molecule has 0 aromatic heterocycles. The molecule has 1 amide bonds. The van der Waals surface area contributed by atoms with Crippen LogP contribution in [0.1, 0.15) is 18.4 Å². The summed E-state index contributed by atoms with van der Waals surface area (Å²) in [6, 6.07) is 6.14. The van der Waals surface area contributed by atoms with E-state index in [0.717, 1.165) is 5.56 Å². The van der Waals surface area contributed by atoms with Crippen molar-refractivity contribution >= 4 is 11.9 Å². The second-order valence-electron chi connectivity index (χ2n) is 5.45. The number of carbonyl (C=O) groups excluding carboxylic acids is 1. The second-order valence-corrected chi connectivity index (χ2v) is 5.45. The largest absolute Gasteiger partial charge is 0.481 e. The van der Waals surface area contributed by atoms with Crippen LogP contribution in [0.25, 0.3) is 0 Å². The van der Waals surface area contributed by atoms with E-state index in [4.69, 9.17) is 9.84 Å². The number of benzene rings is 1. The van der Waals surface area contributed by atoms with Gasteiger partial charge in [-0.1, -0.05) is 12.1 Å². The molecule has 8 heteroatoms. The molecule has 0 bridgehead atoms. The van der Waals surface area contributed by atoms with Crippen molar-refractivity contribution < 1.29 is 33.0 Å². The van der Waals surface area contributed by atoms with Crippen LogP contribution < -0.4 is 4.74 Å². The van der Waals surface area contributed by atoms with E-state index in [1.165, 1.54) is 12.1 Å². The zero-order valence-electron chi connectivity index (χ0n) is 13.0. The first-order valence-corrected chi connectivity index (χ1v) is 7.59. The lowest BCUT2D eigenvalue weighted by atomic mass is 10.1. The predicted molar refractivity (Wildman–Crippen MR) is 80.0 cm³/mol. The molecular formula is C16H19F2NO5. The Balaban J connectivity index is 1.80. The third-order valence-corrected chi connectivity index (χ3v) is 3.67. The van der Waals surface area contributed by atoms with Crippen molar-refractivity contribution in [1.82, 2.24) is 4.90 Å². The first kappa shape index (κ1) is 18.1. The highest BCUT2D eigenvalue weighted by Crippen LogP contribution is 2.17. The van der Waals surface area contributed by atoms with Crippen LogP contribution in [-0.4, -0.2) is 54.3 Å². The molecule has 1 aromatic carbocycles. The highest BCUT2D eigenvalue weighted by Gasteiger charge is 2.25. The van der Waals surface area contributed by atoms with Gasteiger partial charge in [0.15, 0.2) is 0 Å². The molecule has 1 N–H and O–H groups in total. The zero-order valence-corrected chi connectivity index (χ0v) is 13.0. The molecule has 1 saturated heterocycles. The smallest absolute Gasteiger partial charge is 0.387 e. The summed E-state index contributed by atoms with van der Waals surface area (Å²) in [5.41, 5.74) is 0.834. The summed E-state index contributed by atoms with van der Waals surface area (Å²) in [6.07, 6.45) is 0.116. The van der Waals surface area contributed by atoms with E-state index in [-0.39, 0.29) is 31.0 Å². The molecule has 0 radical (unpaired) electrons. The normalized spacial score (nSPS) is 17.8. The molecule has 24 heavy (non-hydrogen) atoms. The number of aliphatic carboxylic acids is 1. The van der Waals surface area contributed by atoms with E-state index in [9.17, 15) is 18.4 Å². The Bertz CT molecular complexity index is 564. The summed E-state index contributed by atoms with van der Waals surface area (Å²) in [5.74, 6) is -0.966. The van der Waals surface area contributed by atoms with Gasteiger partial charge in [0.05, 0.1) is 19.1 Å². The van der Waals surface area contributed by atoms with Crippen LogP contribution in [0.5, 0.6) is 5.75 Å². The lowest BCUT2D eigenvalue weighted by Gasteiger charge is -2.32. The standard InChI is InChI=1S/C16H19F2NO5/c17-16(18)24-12-4-1-11(2-5-12)3-6-14(20)19-7-8-23-13(10-19)9-15(21)22/h1-2,4-5,13,16H,3,6-10H2,(H,21,22). The summed E-state index contributed by atoms with van der Waals surface area (Å²) >= 11 is 0. The van der Waals surface area contributed by atoms with Crippen LogP contribution in [-0.2, 0) is 20.7 Å². The molecule has 1 heterocycles. The van der Waals surface area contributed by atoms with Gasteiger partial charge < -0.3 is 19.5 Å². The Hall–Kier alpha value is -2.22. The van der Waals surface area contributed by atoms with E-state index in [2.05, 4.69) is 4.74 Å². The van der Waals surface area contributed by atoms with E-state index in [0.29, 0.717) is 19.6 Å². The van der Waals surface area contributed by atoms with Crippen LogP contribution in [0.3, 0.4) is 0 Å². The Morgan fingerprint density at radius 2 is 2.04 bits per heavy atom. The van der Waals surface area contributed by atoms with E-state index >= 15 is 0 Å². The number of hydrogen-bond donors (Lipinski definition) is 1. The van der Waals surface area contributed by atoms with Gasteiger partial charge in [-0.05, 0) is 24.1 Å². The number of carbonyl (C=O) groups is 2. The average Bonchev–Trinajstić information content (AvgIpc) is 2.53. The van der Waals surface area contributed by atoms with Crippen molar-refractivity contribution in [3.63, 3.8) is 0 Å². The topological polar surface area (TPSA) is 76.1 Å². The van der Waals surface area contributed by atoms with Gasteiger partial charge in [-0.2, -0.15) is 8.78 Å². The molecule has 6 nitrogen and oxygen atoms in total. The average molecular weight is 343 g/mol. The van der Waals surface area contributed by atoms with Crippen molar-refractivity contribution in [2.24, 2.45) is 0 Å². The minimum absolute atomic E-state index is 0.0739. The van der Waals surface area contributed by atoms with Crippen LogP contribution in [0.15, 0.2) is 24.3 Å². The minimum Gasteiger partial charge on any atom is -0.481 e. The van der Waals surface area contributed by atoms with Crippen molar-refractivity contribution in [2.45, 2.75) is 32.0 Å². The van der Waals surface area contributed by atoms with Crippen LogP contribution >= 0.6 is 0 Å². The molecule has 1 atom stereocenters. The molecule has 1 aliphatic heterocycles. The Kier molecular flexibility index (Phi) is 6.48. The number of morpholine rings is 1. The van der Waals surface area contributed by atoms with Crippen molar-refractivity contribution in [3.8, 4) is 5.75 Å². The third-order valence-electron chi connectivity index (χ3n) is 3.67. The molecule has 1 aliphatic rings. The highest BCUT2D eigenvalue weighted by molar-refractivity contribution is 5.76. The zero-order chi connectivity index (χ0) is 17.5. The van der Waals surface area contributed by atoms with Gasteiger partial charge in [0.1, 0.15) is 5.75 Å². The Morgan fingerprint density at radius 1 is 1.33 bits per heavy atom. The SMILES string of the molecule is O=C(O)CC1CN(C(=O)CCc2ccc(OC(F)F)cc2)CCO1. The van der Waals surface area contributed by atoms with Gasteiger partial charge >= 0.3 is 12.6 Å². The number of ether oxygens (including phenoxy) is 2. The fraction of sp³-hybridized carbons (Fsp3) is 0.500. The maximum absolute atomic E-state index is 12.2. The van der Waals surface area contributed by atoms with Crippen molar-refractivity contribution in [3.05, 3.63) is 29.8 Å². The fourth-order valence-corrected chi connectivity index (χ4v) is 2.51. The first-order valence-electron chi connectivity index (χ1n) is 7.59. The lowest BCUT2D eigenvalue weighted by Crippen LogP contribution is -2.46. The van der Waals surface area contributed by atoms with Crippen LogP contribution in [0, 0.1) is 0 Å². The molecular weight excluding hydrogens is 324 g/mol. The minimum atomic E-state index is -2.86. The van der Waals surface area contributed by atoms with Gasteiger partial charge in [-0.15, -0.1) is 0 Å². The molecule has 1 unspecified atom stereocenters. The summed E-state index contributed by atoms with van der Waals surface area (Å²) in [5, 5.41) is 8.78. The number of carboxylic acid groups (broad SMARTS) is 1. The van der Waals surface area contributed by atoms with E-state index < -0.39 is 18.7 Å². The highest BCUT2D eigenvalue weighted by atomic mass is 19.3. The van der Waals surface area contributed by atoms with Crippen molar-refractivity contribution in [1.29, 1.82) is 0 Å². The molecule has 2 rings (SSSR count). The van der Waals surface area contributed by atoms with Gasteiger partial charge in [0.25, 0.3) is 0 Å². The molecule has 1 fully saturated rings. The maximum atomic E-state index is 12.2. The number of amides is 1. The van der Waals surface area contributed by atoms with Gasteiger partial charge in [-0.25, -0.2) is 0 Å². The number of halogens is 2. The van der Waals surface area contributed by atoms with E-state index in [1.807, 2.05) is 0 Å². The summed E-state index contributed by atoms with van der Waals surface area (Å²) in [4.78, 5) is 24.5. The number of carboxylic acids is 1. The Morgan fingerprint density at radius 3 is 2.67 bits per heavy atom. The second kappa shape index (κ2) is 8.58. The number of nitrogens with zero attached hydrogens (tertiary/aromatic N) is 1. The summed E-state index contributed by atoms with van der Waals surface area (Å²) < 4.78 is 33.7. The first-order chi connectivity index (χ1) is 11.4. The van der Waals surface area contributed by atoms with Crippen LogP contribution in [0.2, 0.25) is 0 Å². The maximum Gasteiger partial charge on any atom is 0.387 e. The molecule has 1 aromatic rings. The number of rotatable bonds is 7. The number of hydrogen-bond acceptors (Lipinski definition) is 4. The van der Waals surface area contributed by atoms with Crippen molar-refractivity contribution in [2.75, 3.05) is 19.7 Å². The predicted octanol–water partition coefficient (Wildman–Crippen LogP) is 1.92. The molecule has 132 valence electrons. The number of alkyl halides is 2. The fourth-order valence-electron chi connectivity index (χ4n) is 2.51. The molecule has 0 spiro atoms. The van der Waals surface area contributed by atoms with Crippen LogP contribution in [0.4, 0.5) is 8.78 Å². The van der Waals surface area contributed by atoms with E-state index in [1.54, 1.807) is 17.0 Å².